The normalized spacial score (nSPS) is 13.2. The summed E-state index contributed by atoms with van der Waals surface area (Å²) in [5.74, 6) is 1.85. The van der Waals surface area contributed by atoms with Crippen molar-refractivity contribution in [2.45, 2.75) is 51.9 Å². The van der Waals surface area contributed by atoms with Crippen LogP contribution in [0.25, 0.3) is 0 Å². The van der Waals surface area contributed by atoms with Gasteiger partial charge in [-0.1, -0.05) is 46.1 Å². The van der Waals surface area contributed by atoms with Crippen LogP contribution in [0.4, 0.5) is 0 Å². The van der Waals surface area contributed by atoms with Gasteiger partial charge in [-0.05, 0) is 17.9 Å². The summed E-state index contributed by atoms with van der Waals surface area (Å²) in [6.07, 6.45) is 4.95. The van der Waals surface area contributed by atoms with Crippen molar-refractivity contribution in [3.05, 3.63) is 17.7 Å². The summed E-state index contributed by atoms with van der Waals surface area (Å²) in [4.78, 5) is 0. The number of phenolic OH excluding ortho intramolecular Hbond substituents is 1. The van der Waals surface area contributed by atoms with Crippen molar-refractivity contribution in [2.75, 3.05) is 0 Å². The molecule has 0 unspecified atom stereocenters. The highest BCUT2D eigenvalue weighted by molar-refractivity contribution is 5.67. The van der Waals surface area contributed by atoms with Crippen molar-refractivity contribution >= 4 is 0 Å². The van der Waals surface area contributed by atoms with Crippen LogP contribution < -0.4 is 4.74 Å². The van der Waals surface area contributed by atoms with Crippen molar-refractivity contribution in [2.24, 2.45) is 0 Å². The lowest BCUT2D eigenvalue weighted by Crippen LogP contribution is -2.16. The summed E-state index contributed by atoms with van der Waals surface area (Å²) < 4.78 is 5.34. The van der Waals surface area contributed by atoms with Gasteiger partial charge in [0, 0.05) is 5.56 Å². The summed E-state index contributed by atoms with van der Waals surface area (Å²) in [5.41, 5.74) is 1.38. The molecule has 1 N–H and O–H groups in total. The van der Waals surface area contributed by atoms with Gasteiger partial charge in [-0.15, -0.1) is 0 Å². The van der Waals surface area contributed by atoms with E-state index in [1.807, 2.05) is 6.07 Å². The van der Waals surface area contributed by atoms with Crippen molar-refractivity contribution < 1.29 is 9.84 Å². The maximum absolute atomic E-state index is 9.45. The minimum atomic E-state index is 0.142. The maximum Gasteiger partial charge on any atom is 0.211 e. The molecule has 16 heavy (non-hydrogen) atoms. The van der Waals surface area contributed by atoms with E-state index in [-0.39, 0.29) is 11.2 Å². The Morgan fingerprint density at radius 1 is 1.19 bits per heavy atom. The molecular weight excluding hydrogens is 200 g/mol. The smallest absolute Gasteiger partial charge is 0.211 e. The van der Waals surface area contributed by atoms with Crippen molar-refractivity contribution in [3.63, 3.8) is 0 Å². The van der Waals surface area contributed by atoms with Gasteiger partial charge >= 0.3 is 0 Å². The molecule has 0 radical (unpaired) electrons. The maximum atomic E-state index is 9.45. The van der Waals surface area contributed by atoms with Gasteiger partial charge in [-0.25, -0.2) is 0 Å². The second-order valence-corrected chi connectivity index (χ2v) is 5.23. The zero-order chi connectivity index (χ0) is 11.8. The van der Waals surface area contributed by atoms with Gasteiger partial charge in [0.15, 0.2) is 11.5 Å². The molecular formula is C14H20O2. The van der Waals surface area contributed by atoms with Crippen LogP contribution in [0.1, 0.15) is 52.0 Å². The molecule has 0 spiro atoms. The van der Waals surface area contributed by atoms with Crippen LogP contribution in [0, 0.1) is 0 Å². The van der Waals surface area contributed by atoms with E-state index in [1.165, 1.54) is 31.2 Å². The molecule has 2 heteroatoms. The van der Waals surface area contributed by atoms with Crippen LogP contribution in [0.2, 0.25) is 0 Å². The summed E-state index contributed by atoms with van der Waals surface area (Å²) in [7, 11) is 0. The van der Waals surface area contributed by atoms with E-state index in [4.69, 9.17) is 4.74 Å². The van der Waals surface area contributed by atoms with Crippen LogP contribution in [0.15, 0.2) is 12.1 Å². The van der Waals surface area contributed by atoms with Gasteiger partial charge < -0.3 is 9.84 Å². The lowest BCUT2D eigenvalue weighted by Gasteiger charge is -2.24. The Labute approximate surface area is 97.3 Å². The Balaban J connectivity index is 2.11. The molecule has 2 nitrogen and oxygen atoms in total. The summed E-state index contributed by atoms with van der Waals surface area (Å²) in [6.45, 7) is 6.71. The molecule has 0 amide bonds. The first-order valence-corrected chi connectivity index (χ1v) is 6.10. The lowest BCUT2D eigenvalue weighted by atomic mass is 9.80. The zero-order valence-corrected chi connectivity index (χ0v) is 10.3. The number of benzene rings is 1. The molecule has 0 aliphatic carbocycles. The van der Waals surface area contributed by atoms with Gasteiger partial charge in [0.2, 0.25) is 5.75 Å². The Kier molecular flexibility index (Phi) is 2.83. The van der Waals surface area contributed by atoms with Crippen LogP contribution in [0.3, 0.4) is 0 Å². The number of rotatable bonds is 5. The molecule has 1 aromatic carbocycles. The van der Waals surface area contributed by atoms with E-state index in [2.05, 4.69) is 20.8 Å². The van der Waals surface area contributed by atoms with E-state index in [0.717, 1.165) is 5.75 Å². The highest BCUT2D eigenvalue weighted by Gasteiger charge is 2.35. The third-order valence-electron chi connectivity index (χ3n) is 3.39. The minimum Gasteiger partial charge on any atom is -0.504 e. The molecule has 1 aromatic rings. The molecule has 0 fully saturated rings. The first-order chi connectivity index (χ1) is 7.56. The molecule has 0 saturated carbocycles. The van der Waals surface area contributed by atoms with Crippen LogP contribution in [-0.2, 0) is 5.41 Å². The Morgan fingerprint density at radius 3 is 2.62 bits per heavy atom. The highest BCUT2D eigenvalue weighted by atomic mass is 16.6. The molecule has 88 valence electrons. The number of ether oxygens (including phenoxy) is 1. The van der Waals surface area contributed by atoms with Crippen molar-refractivity contribution in [1.82, 2.24) is 0 Å². The lowest BCUT2D eigenvalue weighted by molar-refractivity contribution is 0.445. The van der Waals surface area contributed by atoms with E-state index >= 15 is 0 Å². The molecule has 0 bridgehead atoms. The second kappa shape index (κ2) is 4.00. The predicted molar refractivity (Wildman–Crippen MR) is 65.3 cm³/mol. The molecule has 0 aromatic heterocycles. The fourth-order valence-electron chi connectivity index (χ4n) is 2.22. The number of hydrogen-bond donors (Lipinski definition) is 1. The quantitative estimate of drug-likeness (QED) is 0.600. The molecule has 1 aliphatic rings. The summed E-state index contributed by atoms with van der Waals surface area (Å²) in [6, 6.07) is 3.73. The summed E-state index contributed by atoms with van der Waals surface area (Å²) in [5, 5.41) is 9.45. The van der Waals surface area contributed by atoms with Gasteiger partial charge in [0.05, 0.1) is 0 Å². The van der Waals surface area contributed by atoms with Crippen LogP contribution >= 0.6 is 0 Å². The van der Waals surface area contributed by atoms with E-state index < -0.39 is 0 Å². The first-order valence-electron chi connectivity index (χ1n) is 6.10. The summed E-state index contributed by atoms with van der Waals surface area (Å²) >= 11 is 0. The zero-order valence-electron chi connectivity index (χ0n) is 10.3. The van der Waals surface area contributed by atoms with Crippen molar-refractivity contribution in [3.8, 4) is 17.2 Å². The SMILES string of the molecule is CCCCCC(C)(C)c1ccc(O)c2c1O2. The fourth-order valence-corrected chi connectivity index (χ4v) is 2.22. The molecule has 1 heterocycles. The molecule has 1 aliphatic heterocycles. The topological polar surface area (TPSA) is 32.8 Å². The average Bonchev–Trinajstić information content (AvgIpc) is 2.98. The number of fused-ring (bicyclic) bond motifs is 1. The van der Waals surface area contributed by atoms with Crippen LogP contribution in [-0.4, -0.2) is 5.11 Å². The monoisotopic (exact) mass is 220 g/mol. The van der Waals surface area contributed by atoms with Crippen LogP contribution in [0.5, 0.6) is 17.2 Å². The molecule has 0 atom stereocenters. The fraction of sp³-hybridized carbons (Fsp3) is 0.571. The third kappa shape index (κ3) is 2.01. The van der Waals surface area contributed by atoms with Gasteiger partial charge in [0.1, 0.15) is 0 Å². The number of unbranched alkanes of at least 4 members (excludes halogenated alkanes) is 2. The van der Waals surface area contributed by atoms with Gasteiger partial charge in [0.25, 0.3) is 0 Å². The Hall–Kier alpha value is -1.18. The van der Waals surface area contributed by atoms with E-state index in [1.54, 1.807) is 6.07 Å². The number of hydrogen-bond acceptors (Lipinski definition) is 2. The predicted octanol–water partition coefficient (Wildman–Crippen LogP) is 4.36. The Bertz CT molecular complexity index is 394. The highest BCUT2D eigenvalue weighted by Crippen LogP contribution is 2.57. The number of phenols is 1. The van der Waals surface area contributed by atoms with Gasteiger partial charge in [-0.2, -0.15) is 0 Å². The largest absolute Gasteiger partial charge is 0.504 e. The minimum absolute atomic E-state index is 0.142. The van der Waals surface area contributed by atoms with Gasteiger partial charge in [-0.3, -0.25) is 0 Å². The van der Waals surface area contributed by atoms with Crippen molar-refractivity contribution in [1.29, 1.82) is 0 Å². The standard InChI is InChI=1S/C14H20O2/c1-4-5-6-9-14(2,3)10-7-8-11(15)13-12(10)16-13/h7-8,15H,4-6,9H2,1-3H3. The second-order valence-electron chi connectivity index (χ2n) is 5.23. The Morgan fingerprint density at radius 2 is 1.94 bits per heavy atom. The third-order valence-corrected chi connectivity index (χ3v) is 3.39. The van der Waals surface area contributed by atoms with E-state index in [9.17, 15) is 5.11 Å². The average molecular weight is 220 g/mol. The molecule has 2 rings (SSSR count). The first kappa shape index (κ1) is 11.3. The van der Waals surface area contributed by atoms with E-state index in [0.29, 0.717) is 5.75 Å². The molecule has 0 saturated heterocycles. The number of aromatic hydroxyl groups is 1.